The minimum Gasteiger partial charge on any atom is -0.444 e. The fraction of sp³-hybridized carbons (Fsp3) is 0.650. The molecule has 2 unspecified atom stereocenters. The Bertz CT molecular complexity index is 563. The quantitative estimate of drug-likeness (QED) is 0.823. The van der Waals surface area contributed by atoms with Crippen LogP contribution in [-0.4, -0.2) is 24.3 Å². The molecule has 4 nitrogen and oxygen atoms in total. The fourth-order valence-electron chi connectivity index (χ4n) is 3.07. The lowest BCUT2D eigenvalue weighted by Gasteiger charge is -2.24. The van der Waals surface area contributed by atoms with E-state index in [-0.39, 0.29) is 18.2 Å². The molecule has 1 aliphatic carbocycles. The summed E-state index contributed by atoms with van der Waals surface area (Å²) < 4.78 is 5.33. The van der Waals surface area contributed by atoms with E-state index >= 15 is 0 Å². The first-order valence-corrected chi connectivity index (χ1v) is 9.13. The molecule has 1 aliphatic rings. The van der Waals surface area contributed by atoms with Crippen molar-refractivity contribution in [3.8, 4) is 0 Å². The van der Waals surface area contributed by atoms with Gasteiger partial charge in [0.15, 0.2) is 0 Å². The first-order chi connectivity index (χ1) is 11.3. The molecule has 1 aromatic rings. The smallest absolute Gasteiger partial charge is 0.407 e. The Morgan fingerprint density at radius 3 is 2.62 bits per heavy atom. The second-order valence-electron chi connectivity index (χ2n) is 7.76. The van der Waals surface area contributed by atoms with Crippen LogP contribution in [0, 0.1) is 0 Å². The lowest BCUT2D eigenvalue weighted by atomic mass is 10.0. The molecule has 0 aromatic heterocycles. The summed E-state index contributed by atoms with van der Waals surface area (Å²) in [5.74, 6) is 0. The number of nitrogens with one attached hydrogen (secondary N) is 2. The zero-order valence-corrected chi connectivity index (χ0v) is 15.7. The molecule has 134 valence electrons. The number of hydrogen-bond acceptors (Lipinski definition) is 3. The van der Waals surface area contributed by atoms with E-state index in [4.69, 9.17) is 4.74 Å². The monoisotopic (exact) mass is 332 g/mol. The molecule has 0 saturated carbocycles. The maximum Gasteiger partial charge on any atom is 0.407 e. The van der Waals surface area contributed by atoms with Gasteiger partial charge >= 0.3 is 6.09 Å². The van der Waals surface area contributed by atoms with Crippen molar-refractivity contribution in [1.29, 1.82) is 0 Å². The minimum atomic E-state index is -0.465. The van der Waals surface area contributed by atoms with Gasteiger partial charge in [-0.15, -0.1) is 0 Å². The van der Waals surface area contributed by atoms with Crippen LogP contribution >= 0.6 is 0 Å². The van der Waals surface area contributed by atoms with Gasteiger partial charge in [0.2, 0.25) is 0 Å². The van der Waals surface area contributed by atoms with E-state index < -0.39 is 5.60 Å². The predicted octanol–water partition coefficient (Wildman–Crippen LogP) is 4.13. The van der Waals surface area contributed by atoms with Gasteiger partial charge in [-0.2, -0.15) is 0 Å². The van der Waals surface area contributed by atoms with Crippen LogP contribution in [0.3, 0.4) is 0 Å². The minimum absolute atomic E-state index is 0.0664. The molecule has 0 bridgehead atoms. The van der Waals surface area contributed by atoms with E-state index in [1.165, 1.54) is 36.0 Å². The van der Waals surface area contributed by atoms with Crippen molar-refractivity contribution < 1.29 is 9.53 Å². The molecule has 2 rings (SSSR count). The Hall–Kier alpha value is -1.55. The molecule has 0 saturated heterocycles. The van der Waals surface area contributed by atoms with Crippen molar-refractivity contribution in [3.63, 3.8) is 0 Å². The molecule has 2 N–H and O–H groups in total. The van der Waals surface area contributed by atoms with Gasteiger partial charge in [-0.25, -0.2) is 4.79 Å². The summed E-state index contributed by atoms with van der Waals surface area (Å²) in [5.41, 5.74) is 3.86. The first kappa shape index (κ1) is 18.8. The maximum absolute atomic E-state index is 11.9. The van der Waals surface area contributed by atoms with Gasteiger partial charge in [-0.3, -0.25) is 0 Å². The fourth-order valence-corrected chi connectivity index (χ4v) is 3.07. The van der Waals surface area contributed by atoms with Crippen molar-refractivity contribution in [2.75, 3.05) is 6.54 Å². The number of carbonyl (C=O) groups is 1. The predicted molar refractivity (Wildman–Crippen MR) is 98.3 cm³/mol. The van der Waals surface area contributed by atoms with Crippen molar-refractivity contribution >= 4 is 6.09 Å². The third-order valence-electron chi connectivity index (χ3n) is 4.51. The molecule has 1 amide bonds. The molecule has 0 fully saturated rings. The summed E-state index contributed by atoms with van der Waals surface area (Å²) in [7, 11) is 0. The Morgan fingerprint density at radius 1 is 1.25 bits per heavy atom. The van der Waals surface area contributed by atoms with Crippen LogP contribution in [0.25, 0.3) is 0 Å². The lowest BCUT2D eigenvalue weighted by Crippen LogP contribution is -2.44. The van der Waals surface area contributed by atoms with Gasteiger partial charge in [0.05, 0.1) is 0 Å². The average Bonchev–Trinajstić information content (AvgIpc) is 2.96. The van der Waals surface area contributed by atoms with Crippen molar-refractivity contribution in [3.05, 3.63) is 34.9 Å². The number of amides is 1. The van der Waals surface area contributed by atoms with Crippen LogP contribution in [0.2, 0.25) is 0 Å². The number of ether oxygens (including phenoxy) is 1. The summed E-state index contributed by atoms with van der Waals surface area (Å²) in [6.45, 7) is 10.6. The van der Waals surface area contributed by atoms with Gasteiger partial charge in [0.25, 0.3) is 0 Å². The molecule has 0 aliphatic heterocycles. The van der Waals surface area contributed by atoms with Crippen molar-refractivity contribution in [2.45, 2.75) is 78.0 Å². The molecular formula is C20H32N2O2. The molecule has 0 spiro atoms. The van der Waals surface area contributed by atoms with E-state index in [1.807, 2.05) is 20.8 Å². The highest BCUT2D eigenvalue weighted by molar-refractivity contribution is 5.68. The van der Waals surface area contributed by atoms with Gasteiger partial charge in [-0.05, 0) is 70.1 Å². The summed E-state index contributed by atoms with van der Waals surface area (Å²) >= 11 is 0. The number of hydrogen-bond donors (Lipinski definition) is 2. The number of benzene rings is 1. The number of fused-ring (bicyclic) bond motifs is 1. The Balaban J connectivity index is 1.85. The average molecular weight is 332 g/mol. The molecule has 0 heterocycles. The Labute approximate surface area is 146 Å². The number of rotatable bonds is 6. The molecule has 24 heavy (non-hydrogen) atoms. The van der Waals surface area contributed by atoms with E-state index in [0.29, 0.717) is 0 Å². The van der Waals surface area contributed by atoms with Gasteiger partial charge in [-0.1, -0.05) is 25.1 Å². The van der Waals surface area contributed by atoms with Crippen LogP contribution < -0.4 is 10.6 Å². The van der Waals surface area contributed by atoms with Gasteiger partial charge < -0.3 is 15.4 Å². The van der Waals surface area contributed by atoms with Crippen molar-refractivity contribution in [1.82, 2.24) is 10.6 Å². The third kappa shape index (κ3) is 5.52. The van der Waals surface area contributed by atoms with E-state index in [1.54, 1.807) is 0 Å². The standard InChI is InChI=1S/C20H32N2O2/c1-6-18(22-19(23)24-20(3,4)5)13-21-14(2)16-11-10-15-8-7-9-17(15)12-16/h10-12,14,18,21H,6-9,13H2,1-5H3,(H,22,23). The topological polar surface area (TPSA) is 50.4 Å². The Morgan fingerprint density at radius 2 is 1.96 bits per heavy atom. The van der Waals surface area contributed by atoms with Crippen LogP contribution in [0.4, 0.5) is 4.79 Å². The van der Waals surface area contributed by atoms with E-state index in [0.717, 1.165) is 13.0 Å². The second-order valence-corrected chi connectivity index (χ2v) is 7.76. The number of aryl methyl sites for hydroxylation is 2. The number of alkyl carbamates (subject to hydrolysis) is 1. The van der Waals surface area contributed by atoms with Gasteiger partial charge in [0, 0.05) is 18.6 Å². The van der Waals surface area contributed by atoms with Gasteiger partial charge in [0.1, 0.15) is 5.60 Å². The zero-order chi connectivity index (χ0) is 17.7. The molecule has 1 aromatic carbocycles. The van der Waals surface area contributed by atoms with Crippen LogP contribution in [0.1, 0.15) is 70.2 Å². The summed E-state index contributed by atoms with van der Waals surface area (Å²) in [6, 6.07) is 7.17. The SMILES string of the molecule is CCC(CNC(C)c1ccc2c(c1)CCC2)NC(=O)OC(C)(C)C. The molecule has 4 heteroatoms. The van der Waals surface area contributed by atoms with Crippen LogP contribution in [0.15, 0.2) is 18.2 Å². The number of carbonyl (C=O) groups excluding carboxylic acids is 1. The summed E-state index contributed by atoms with van der Waals surface area (Å²) in [6.07, 6.45) is 4.21. The largest absolute Gasteiger partial charge is 0.444 e. The first-order valence-electron chi connectivity index (χ1n) is 9.13. The van der Waals surface area contributed by atoms with E-state index in [9.17, 15) is 4.79 Å². The molecule has 2 atom stereocenters. The summed E-state index contributed by atoms with van der Waals surface area (Å²) in [4.78, 5) is 11.9. The highest BCUT2D eigenvalue weighted by Crippen LogP contribution is 2.25. The van der Waals surface area contributed by atoms with E-state index in [2.05, 4.69) is 42.7 Å². The highest BCUT2D eigenvalue weighted by atomic mass is 16.6. The summed E-state index contributed by atoms with van der Waals surface area (Å²) in [5, 5.41) is 6.49. The zero-order valence-electron chi connectivity index (χ0n) is 15.7. The Kier molecular flexibility index (Phi) is 6.27. The normalized spacial score (nSPS) is 16.4. The van der Waals surface area contributed by atoms with Crippen LogP contribution in [-0.2, 0) is 17.6 Å². The highest BCUT2D eigenvalue weighted by Gasteiger charge is 2.19. The molecule has 0 radical (unpaired) electrons. The van der Waals surface area contributed by atoms with Crippen molar-refractivity contribution in [2.24, 2.45) is 0 Å². The third-order valence-corrected chi connectivity index (χ3v) is 4.51. The second kappa shape index (κ2) is 8.02. The van der Waals surface area contributed by atoms with Crippen LogP contribution in [0.5, 0.6) is 0 Å². The lowest BCUT2D eigenvalue weighted by molar-refractivity contribution is 0.0502. The molecular weight excluding hydrogens is 300 g/mol. The maximum atomic E-state index is 11.9.